The second kappa shape index (κ2) is 4.69. The molecule has 4 nitrogen and oxygen atoms in total. The topological polar surface area (TPSA) is 66.7 Å². The highest BCUT2D eigenvalue weighted by atomic mass is 19.4. The van der Waals surface area contributed by atoms with E-state index in [1.165, 1.54) is 12.1 Å². The van der Waals surface area contributed by atoms with Crippen LogP contribution in [-0.2, 0) is 6.18 Å². The van der Waals surface area contributed by atoms with E-state index in [9.17, 15) is 13.2 Å². The third kappa shape index (κ3) is 2.49. The second-order valence-electron chi connectivity index (χ2n) is 4.54. The van der Waals surface area contributed by atoms with Gasteiger partial charge in [0.1, 0.15) is 0 Å². The third-order valence-electron chi connectivity index (χ3n) is 3.10. The lowest BCUT2D eigenvalue weighted by Gasteiger charge is -2.14. The van der Waals surface area contributed by atoms with Crippen molar-refractivity contribution < 1.29 is 13.2 Å². The van der Waals surface area contributed by atoms with E-state index in [1.54, 1.807) is 24.3 Å². The van der Waals surface area contributed by atoms with E-state index in [1.807, 2.05) is 0 Å². The van der Waals surface area contributed by atoms with Gasteiger partial charge < -0.3 is 11.1 Å². The van der Waals surface area contributed by atoms with Crippen molar-refractivity contribution >= 4 is 28.1 Å². The van der Waals surface area contributed by atoms with Crippen LogP contribution in [0.1, 0.15) is 5.56 Å². The Bertz CT molecular complexity index is 792. The molecule has 4 N–H and O–H groups in total. The number of nitrogens with two attached hydrogens (primary N) is 1. The molecule has 3 aromatic rings. The lowest BCUT2D eigenvalue weighted by atomic mass is 10.1. The number of alkyl halides is 3. The number of benzene rings is 2. The smallest absolute Gasteiger partial charge is 0.382 e. The third-order valence-corrected chi connectivity index (χ3v) is 3.10. The molecule has 108 valence electrons. The summed E-state index contributed by atoms with van der Waals surface area (Å²) in [5.74, 6) is 0.354. The zero-order valence-corrected chi connectivity index (χ0v) is 10.7. The van der Waals surface area contributed by atoms with Crippen molar-refractivity contribution in [2.75, 3.05) is 11.1 Å². The number of fused-ring (bicyclic) bond motifs is 1. The largest absolute Gasteiger partial charge is 0.418 e. The van der Waals surface area contributed by atoms with Gasteiger partial charge in [-0.15, -0.1) is 0 Å². The van der Waals surface area contributed by atoms with Gasteiger partial charge in [0.05, 0.1) is 16.8 Å². The summed E-state index contributed by atoms with van der Waals surface area (Å²) in [5.41, 5.74) is 6.10. The molecule has 0 amide bonds. The summed E-state index contributed by atoms with van der Waals surface area (Å²) in [7, 11) is 0. The fourth-order valence-corrected chi connectivity index (χ4v) is 2.11. The number of nitrogens with one attached hydrogen (secondary N) is 2. The van der Waals surface area contributed by atoms with Crippen molar-refractivity contribution in [2.24, 2.45) is 0 Å². The highest BCUT2D eigenvalue weighted by molar-refractivity contribution is 5.91. The van der Waals surface area contributed by atoms with Gasteiger partial charge in [0.25, 0.3) is 0 Å². The number of aromatic amines is 1. The minimum Gasteiger partial charge on any atom is -0.382 e. The van der Waals surface area contributed by atoms with Crippen LogP contribution in [0.2, 0.25) is 0 Å². The standard InChI is InChI=1S/C14H11F3N4/c15-14(16,17)10-3-1-2-4-11(10)19-8-5-6-9-12(7-8)20-21-13(9)18/h1-7,19H,(H3,18,20,21). The zero-order chi connectivity index (χ0) is 15.0. The predicted molar refractivity (Wildman–Crippen MR) is 75.2 cm³/mol. The van der Waals surface area contributed by atoms with E-state index in [0.717, 1.165) is 11.5 Å². The lowest BCUT2D eigenvalue weighted by molar-refractivity contribution is -0.136. The van der Waals surface area contributed by atoms with Crippen molar-refractivity contribution in [3.8, 4) is 0 Å². The Balaban J connectivity index is 1.99. The average Bonchev–Trinajstić information content (AvgIpc) is 2.79. The average molecular weight is 292 g/mol. The molecule has 1 aromatic heterocycles. The summed E-state index contributed by atoms with van der Waals surface area (Å²) >= 11 is 0. The second-order valence-corrected chi connectivity index (χ2v) is 4.54. The normalized spacial score (nSPS) is 11.8. The Kier molecular flexibility index (Phi) is 2.97. The van der Waals surface area contributed by atoms with Crippen molar-refractivity contribution in [3.05, 3.63) is 48.0 Å². The van der Waals surface area contributed by atoms with E-state index in [4.69, 9.17) is 5.73 Å². The van der Waals surface area contributed by atoms with Gasteiger partial charge in [-0.05, 0) is 30.3 Å². The maximum absolute atomic E-state index is 12.9. The fraction of sp³-hybridized carbons (Fsp3) is 0.0714. The summed E-state index contributed by atoms with van der Waals surface area (Å²) in [6, 6.07) is 10.3. The van der Waals surface area contributed by atoms with Gasteiger partial charge in [-0.2, -0.15) is 18.3 Å². The molecule has 0 fully saturated rings. The molecule has 0 aliphatic carbocycles. The van der Waals surface area contributed by atoms with E-state index in [0.29, 0.717) is 17.0 Å². The van der Waals surface area contributed by atoms with Crippen LogP contribution in [0.4, 0.5) is 30.4 Å². The van der Waals surface area contributed by atoms with E-state index in [-0.39, 0.29) is 5.69 Å². The number of halogens is 3. The summed E-state index contributed by atoms with van der Waals surface area (Å²) in [5, 5.41) is 10.1. The van der Waals surface area contributed by atoms with Crippen molar-refractivity contribution in [1.29, 1.82) is 0 Å². The lowest BCUT2D eigenvalue weighted by Crippen LogP contribution is -2.08. The van der Waals surface area contributed by atoms with Gasteiger partial charge in [0.15, 0.2) is 5.82 Å². The van der Waals surface area contributed by atoms with Crippen LogP contribution in [0.3, 0.4) is 0 Å². The number of nitrogen functional groups attached to an aromatic ring is 1. The maximum Gasteiger partial charge on any atom is 0.418 e. The number of hydrogen-bond donors (Lipinski definition) is 3. The summed E-state index contributed by atoms with van der Waals surface area (Å²) < 4.78 is 38.8. The molecule has 3 rings (SSSR count). The Morgan fingerprint density at radius 2 is 1.86 bits per heavy atom. The van der Waals surface area contributed by atoms with E-state index in [2.05, 4.69) is 15.5 Å². The van der Waals surface area contributed by atoms with Gasteiger partial charge in [-0.1, -0.05) is 12.1 Å². The molecule has 1 heterocycles. The Morgan fingerprint density at radius 3 is 2.62 bits per heavy atom. The molecule has 0 unspecified atom stereocenters. The number of H-pyrrole nitrogens is 1. The predicted octanol–water partition coefficient (Wildman–Crippen LogP) is 3.91. The first-order valence-corrected chi connectivity index (χ1v) is 6.12. The Hall–Kier alpha value is -2.70. The molecule has 0 spiro atoms. The Labute approximate surface area is 117 Å². The number of hydrogen-bond acceptors (Lipinski definition) is 3. The van der Waals surface area contributed by atoms with Crippen LogP contribution < -0.4 is 11.1 Å². The van der Waals surface area contributed by atoms with Gasteiger partial charge in [-0.25, -0.2) is 0 Å². The van der Waals surface area contributed by atoms with Crippen LogP contribution in [0.5, 0.6) is 0 Å². The summed E-state index contributed by atoms with van der Waals surface area (Å²) in [6.07, 6.45) is -4.41. The number of rotatable bonds is 2. The number of anilines is 3. The molecular weight excluding hydrogens is 281 g/mol. The monoisotopic (exact) mass is 292 g/mol. The maximum atomic E-state index is 12.9. The first-order valence-electron chi connectivity index (χ1n) is 6.12. The van der Waals surface area contributed by atoms with Gasteiger partial charge in [-0.3, -0.25) is 5.10 Å². The van der Waals surface area contributed by atoms with Crippen molar-refractivity contribution in [2.45, 2.75) is 6.18 Å². The van der Waals surface area contributed by atoms with Gasteiger partial charge in [0.2, 0.25) is 0 Å². The van der Waals surface area contributed by atoms with E-state index >= 15 is 0 Å². The van der Waals surface area contributed by atoms with Crippen LogP contribution in [0.25, 0.3) is 10.9 Å². The van der Waals surface area contributed by atoms with Crippen LogP contribution in [0, 0.1) is 0 Å². The van der Waals surface area contributed by atoms with Gasteiger partial charge >= 0.3 is 6.18 Å². The van der Waals surface area contributed by atoms with Crippen LogP contribution in [0.15, 0.2) is 42.5 Å². The van der Waals surface area contributed by atoms with E-state index < -0.39 is 11.7 Å². The number of para-hydroxylation sites is 1. The molecule has 7 heteroatoms. The highest BCUT2D eigenvalue weighted by Crippen LogP contribution is 2.36. The Morgan fingerprint density at radius 1 is 1.10 bits per heavy atom. The molecule has 0 aliphatic rings. The van der Waals surface area contributed by atoms with Crippen LogP contribution in [-0.4, -0.2) is 10.2 Å². The minimum atomic E-state index is -4.41. The highest BCUT2D eigenvalue weighted by Gasteiger charge is 2.33. The zero-order valence-electron chi connectivity index (χ0n) is 10.7. The fourth-order valence-electron chi connectivity index (χ4n) is 2.11. The molecule has 0 radical (unpaired) electrons. The molecule has 0 atom stereocenters. The molecule has 0 saturated carbocycles. The minimum absolute atomic E-state index is 0.00293. The molecular formula is C14H11F3N4. The summed E-state index contributed by atoms with van der Waals surface area (Å²) in [6.45, 7) is 0. The number of nitrogens with zero attached hydrogens (tertiary/aromatic N) is 1. The summed E-state index contributed by atoms with van der Waals surface area (Å²) in [4.78, 5) is 0. The van der Waals surface area contributed by atoms with Crippen molar-refractivity contribution in [3.63, 3.8) is 0 Å². The SMILES string of the molecule is Nc1n[nH]c2cc(Nc3ccccc3C(F)(F)F)ccc12. The first-order chi connectivity index (χ1) is 9.95. The first kappa shape index (κ1) is 13.3. The van der Waals surface area contributed by atoms with Gasteiger partial charge in [0, 0.05) is 11.1 Å². The molecule has 0 bridgehead atoms. The van der Waals surface area contributed by atoms with Crippen LogP contribution >= 0.6 is 0 Å². The molecule has 0 saturated heterocycles. The van der Waals surface area contributed by atoms with Crippen molar-refractivity contribution in [1.82, 2.24) is 10.2 Å². The molecule has 2 aromatic carbocycles. The molecule has 21 heavy (non-hydrogen) atoms. The quantitative estimate of drug-likeness (QED) is 0.671. The number of aromatic nitrogens is 2. The molecule has 0 aliphatic heterocycles.